The number of hydrogen-bond donors (Lipinski definition) is 1. The van der Waals surface area contributed by atoms with Crippen molar-refractivity contribution in [3.63, 3.8) is 0 Å². The second kappa shape index (κ2) is 7.68. The number of ether oxygens (including phenoxy) is 1. The van der Waals surface area contributed by atoms with Gasteiger partial charge < -0.3 is 10.5 Å². The van der Waals surface area contributed by atoms with E-state index in [1.54, 1.807) is 5.38 Å². The molecule has 1 unspecified atom stereocenters. The van der Waals surface area contributed by atoms with Crippen molar-refractivity contribution >= 4 is 17.2 Å². The number of amides is 1. The Kier molecular flexibility index (Phi) is 5.38. The summed E-state index contributed by atoms with van der Waals surface area (Å²) in [5, 5.41) is 2.66. The molecule has 0 saturated carbocycles. The summed E-state index contributed by atoms with van der Waals surface area (Å²) in [6.07, 6.45) is 2.46. The van der Waals surface area contributed by atoms with E-state index in [-0.39, 0.29) is 6.10 Å². The zero-order valence-corrected chi connectivity index (χ0v) is 13.8. The van der Waals surface area contributed by atoms with Gasteiger partial charge in [0.15, 0.2) is 0 Å². The molecule has 1 amide bonds. The quantitative estimate of drug-likeness (QED) is 0.883. The summed E-state index contributed by atoms with van der Waals surface area (Å²) in [5.41, 5.74) is 6.81. The number of nitrogens with two attached hydrogens (primary N) is 1. The van der Waals surface area contributed by atoms with Gasteiger partial charge in [-0.1, -0.05) is 30.3 Å². The van der Waals surface area contributed by atoms with E-state index in [0.717, 1.165) is 37.5 Å². The van der Waals surface area contributed by atoms with Gasteiger partial charge >= 0.3 is 0 Å². The van der Waals surface area contributed by atoms with Crippen LogP contribution in [-0.2, 0) is 17.9 Å². The summed E-state index contributed by atoms with van der Waals surface area (Å²) in [5.74, 6) is -0.463. The van der Waals surface area contributed by atoms with E-state index in [1.807, 2.05) is 18.2 Å². The molecule has 2 N–H and O–H groups in total. The van der Waals surface area contributed by atoms with Crippen molar-refractivity contribution in [2.75, 3.05) is 13.1 Å². The Morgan fingerprint density at radius 1 is 1.39 bits per heavy atom. The molecular formula is C17H21N3O2S. The zero-order chi connectivity index (χ0) is 16.1. The Bertz CT molecular complexity index is 644. The van der Waals surface area contributed by atoms with Gasteiger partial charge in [-0.05, 0) is 24.9 Å². The lowest BCUT2D eigenvalue weighted by Crippen LogP contribution is -2.39. The van der Waals surface area contributed by atoms with Crippen molar-refractivity contribution < 1.29 is 9.53 Å². The first-order valence-electron chi connectivity index (χ1n) is 7.83. The largest absolute Gasteiger partial charge is 0.372 e. The SMILES string of the molecule is NC(=O)c1csc(CN2CCCC(OCc3ccccc3)C2)n1. The number of likely N-dealkylation sites (tertiary alicyclic amines) is 1. The van der Waals surface area contributed by atoms with Crippen LogP contribution in [0.1, 0.15) is 33.9 Å². The molecule has 1 aliphatic heterocycles. The molecule has 1 aromatic carbocycles. The van der Waals surface area contributed by atoms with E-state index in [9.17, 15) is 4.79 Å². The summed E-state index contributed by atoms with van der Waals surface area (Å²) in [6, 6.07) is 10.2. The van der Waals surface area contributed by atoms with Crippen molar-refractivity contribution in [2.45, 2.75) is 32.1 Å². The molecule has 0 aliphatic carbocycles. The molecular weight excluding hydrogens is 310 g/mol. The van der Waals surface area contributed by atoms with E-state index in [4.69, 9.17) is 10.5 Å². The molecule has 1 aliphatic rings. The highest BCUT2D eigenvalue weighted by Gasteiger charge is 2.21. The van der Waals surface area contributed by atoms with Gasteiger partial charge in [0.1, 0.15) is 10.7 Å². The Morgan fingerprint density at radius 3 is 2.96 bits per heavy atom. The molecule has 122 valence electrons. The Morgan fingerprint density at radius 2 is 2.22 bits per heavy atom. The topological polar surface area (TPSA) is 68.5 Å². The maximum absolute atomic E-state index is 11.1. The van der Waals surface area contributed by atoms with Crippen molar-refractivity contribution in [1.29, 1.82) is 0 Å². The van der Waals surface area contributed by atoms with Gasteiger partial charge in [-0.3, -0.25) is 9.69 Å². The van der Waals surface area contributed by atoms with Gasteiger partial charge in [0, 0.05) is 11.9 Å². The molecule has 6 heteroatoms. The lowest BCUT2D eigenvalue weighted by atomic mass is 10.1. The van der Waals surface area contributed by atoms with Crippen LogP contribution in [0.4, 0.5) is 0 Å². The maximum Gasteiger partial charge on any atom is 0.268 e. The predicted molar refractivity (Wildman–Crippen MR) is 90.2 cm³/mol. The number of primary amides is 1. The number of piperidine rings is 1. The van der Waals surface area contributed by atoms with Crippen LogP contribution >= 0.6 is 11.3 Å². The van der Waals surface area contributed by atoms with Crippen molar-refractivity contribution in [2.24, 2.45) is 5.73 Å². The van der Waals surface area contributed by atoms with Crippen LogP contribution in [0.2, 0.25) is 0 Å². The molecule has 1 saturated heterocycles. The van der Waals surface area contributed by atoms with E-state index in [2.05, 4.69) is 22.0 Å². The number of benzene rings is 1. The van der Waals surface area contributed by atoms with Crippen molar-refractivity contribution in [1.82, 2.24) is 9.88 Å². The lowest BCUT2D eigenvalue weighted by molar-refractivity contribution is -0.0120. The first-order valence-corrected chi connectivity index (χ1v) is 8.71. The highest BCUT2D eigenvalue weighted by molar-refractivity contribution is 7.09. The van der Waals surface area contributed by atoms with Gasteiger partial charge in [-0.2, -0.15) is 0 Å². The smallest absolute Gasteiger partial charge is 0.268 e. The molecule has 0 bridgehead atoms. The van der Waals surface area contributed by atoms with Gasteiger partial charge in [-0.25, -0.2) is 4.98 Å². The molecule has 1 fully saturated rings. The lowest BCUT2D eigenvalue weighted by Gasteiger charge is -2.32. The van der Waals surface area contributed by atoms with Crippen molar-refractivity contribution in [3.8, 4) is 0 Å². The van der Waals surface area contributed by atoms with Crippen LogP contribution in [0.25, 0.3) is 0 Å². The number of carbonyl (C=O) groups excluding carboxylic acids is 1. The predicted octanol–water partition coefficient (Wildman–Crippen LogP) is 2.42. The second-order valence-electron chi connectivity index (χ2n) is 5.79. The third-order valence-corrected chi connectivity index (χ3v) is 4.79. The van der Waals surface area contributed by atoms with Crippen LogP contribution in [0.3, 0.4) is 0 Å². The Hall–Kier alpha value is -1.76. The Balaban J connectivity index is 1.50. The molecule has 0 spiro atoms. The standard InChI is InChI=1S/C17H21N3O2S/c18-17(21)15-12-23-16(19-15)10-20-8-4-7-14(9-20)22-11-13-5-2-1-3-6-13/h1-3,5-6,12,14H,4,7-11H2,(H2,18,21). The summed E-state index contributed by atoms with van der Waals surface area (Å²) >= 11 is 1.49. The molecule has 1 atom stereocenters. The first kappa shape index (κ1) is 16.1. The van der Waals surface area contributed by atoms with Gasteiger partial charge in [-0.15, -0.1) is 11.3 Å². The van der Waals surface area contributed by atoms with Crippen LogP contribution in [0.15, 0.2) is 35.7 Å². The second-order valence-corrected chi connectivity index (χ2v) is 6.73. The van der Waals surface area contributed by atoms with Crippen molar-refractivity contribution in [3.05, 3.63) is 52.0 Å². The highest BCUT2D eigenvalue weighted by atomic mass is 32.1. The highest BCUT2D eigenvalue weighted by Crippen LogP contribution is 2.19. The minimum atomic E-state index is -0.463. The number of rotatable bonds is 6. The monoisotopic (exact) mass is 331 g/mol. The summed E-state index contributed by atoms with van der Waals surface area (Å²) < 4.78 is 6.05. The molecule has 1 aromatic heterocycles. The molecule has 5 nitrogen and oxygen atoms in total. The molecule has 0 radical (unpaired) electrons. The number of hydrogen-bond acceptors (Lipinski definition) is 5. The number of carbonyl (C=O) groups is 1. The maximum atomic E-state index is 11.1. The minimum Gasteiger partial charge on any atom is -0.372 e. The van der Waals surface area contributed by atoms with Crippen LogP contribution < -0.4 is 5.73 Å². The zero-order valence-electron chi connectivity index (χ0n) is 13.0. The van der Waals surface area contributed by atoms with Gasteiger partial charge in [0.25, 0.3) is 5.91 Å². The average Bonchev–Trinajstić information content (AvgIpc) is 3.03. The normalized spacial score (nSPS) is 18.9. The van der Waals surface area contributed by atoms with Gasteiger partial charge in [0.05, 0.1) is 19.3 Å². The number of thiazole rings is 1. The fourth-order valence-corrected chi connectivity index (χ4v) is 3.59. The molecule has 2 aromatic rings. The summed E-state index contributed by atoms with van der Waals surface area (Å²) in [7, 11) is 0. The Labute approximate surface area is 140 Å². The van der Waals surface area contributed by atoms with Crippen LogP contribution in [-0.4, -0.2) is 35.0 Å². The number of nitrogens with zero attached hydrogens (tertiary/aromatic N) is 2. The summed E-state index contributed by atoms with van der Waals surface area (Å²) in [6.45, 7) is 3.35. The minimum absolute atomic E-state index is 0.250. The molecule has 23 heavy (non-hydrogen) atoms. The average molecular weight is 331 g/mol. The van der Waals surface area contributed by atoms with E-state index in [0.29, 0.717) is 12.3 Å². The third kappa shape index (κ3) is 4.60. The van der Waals surface area contributed by atoms with E-state index in [1.165, 1.54) is 16.9 Å². The first-order chi connectivity index (χ1) is 11.2. The van der Waals surface area contributed by atoms with Crippen LogP contribution in [0, 0.1) is 0 Å². The fraction of sp³-hybridized carbons (Fsp3) is 0.412. The molecule has 3 rings (SSSR count). The molecule has 2 heterocycles. The third-order valence-electron chi connectivity index (χ3n) is 3.95. The van der Waals surface area contributed by atoms with E-state index < -0.39 is 5.91 Å². The van der Waals surface area contributed by atoms with Crippen LogP contribution in [0.5, 0.6) is 0 Å². The summed E-state index contributed by atoms with van der Waals surface area (Å²) in [4.78, 5) is 17.7. The van der Waals surface area contributed by atoms with Gasteiger partial charge in [0.2, 0.25) is 0 Å². The fourth-order valence-electron chi connectivity index (χ4n) is 2.77. The number of aromatic nitrogens is 1. The van der Waals surface area contributed by atoms with E-state index >= 15 is 0 Å².